The van der Waals surface area contributed by atoms with Gasteiger partial charge in [-0.2, -0.15) is 0 Å². The van der Waals surface area contributed by atoms with E-state index in [2.05, 4.69) is 19.2 Å². The molecule has 0 radical (unpaired) electrons. The largest absolute Gasteiger partial charge is 0.304 e. The molecule has 0 aliphatic heterocycles. The van der Waals surface area contributed by atoms with Gasteiger partial charge in [0.2, 0.25) is 0 Å². The lowest BCUT2D eigenvalue weighted by molar-refractivity contribution is 0.494. The fourth-order valence-corrected chi connectivity index (χ4v) is 2.20. The Hall–Kier alpha value is -1.38. The molecule has 19 heavy (non-hydrogen) atoms. The molecule has 0 spiro atoms. The Morgan fingerprint density at radius 1 is 0.842 bits per heavy atom. The van der Waals surface area contributed by atoms with E-state index in [9.17, 15) is 4.39 Å². The highest BCUT2D eigenvalue weighted by Gasteiger charge is 2.11. The summed E-state index contributed by atoms with van der Waals surface area (Å²) in [5.41, 5.74) is 2.25. The monoisotopic (exact) mass is 277 g/mol. The summed E-state index contributed by atoms with van der Waals surface area (Å²) in [6, 6.07) is 14.7. The van der Waals surface area contributed by atoms with E-state index in [1.165, 1.54) is 17.7 Å². The van der Waals surface area contributed by atoms with Crippen LogP contribution in [0.3, 0.4) is 0 Å². The van der Waals surface area contributed by atoms with E-state index in [1.807, 2.05) is 36.4 Å². The summed E-state index contributed by atoms with van der Waals surface area (Å²) in [5.74, 6) is -0.207. The Bertz CT molecular complexity index is 472. The Morgan fingerprint density at radius 3 is 1.74 bits per heavy atom. The third-order valence-corrected chi connectivity index (χ3v) is 3.49. The van der Waals surface area contributed by atoms with Crippen molar-refractivity contribution >= 4 is 11.6 Å². The van der Waals surface area contributed by atoms with Crippen molar-refractivity contribution in [2.75, 3.05) is 0 Å². The van der Waals surface area contributed by atoms with Crippen LogP contribution in [0.25, 0.3) is 0 Å². The second-order valence-electron chi connectivity index (χ2n) is 4.71. The van der Waals surface area contributed by atoms with Crippen LogP contribution in [0.5, 0.6) is 0 Å². The minimum absolute atomic E-state index is 0.159. The van der Waals surface area contributed by atoms with Crippen molar-refractivity contribution in [3.8, 4) is 0 Å². The summed E-state index contributed by atoms with van der Waals surface area (Å²) in [6.07, 6.45) is 0. The lowest BCUT2D eigenvalue weighted by atomic mass is 10.0. The van der Waals surface area contributed by atoms with Crippen LogP contribution >= 0.6 is 11.6 Å². The zero-order valence-electron chi connectivity index (χ0n) is 11.0. The van der Waals surface area contributed by atoms with Crippen LogP contribution in [0.1, 0.15) is 37.1 Å². The van der Waals surface area contributed by atoms with Gasteiger partial charge in [0.25, 0.3) is 0 Å². The molecule has 0 bridgehead atoms. The molecule has 0 saturated carbocycles. The Balaban J connectivity index is 2.03. The molecule has 0 fully saturated rings. The third-order valence-electron chi connectivity index (χ3n) is 3.24. The average molecular weight is 278 g/mol. The maximum atomic E-state index is 12.9. The van der Waals surface area contributed by atoms with Crippen LogP contribution in [0.4, 0.5) is 4.39 Å². The van der Waals surface area contributed by atoms with Gasteiger partial charge in [0.15, 0.2) is 0 Å². The second kappa shape index (κ2) is 6.18. The minimum Gasteiger partial charge on any atom is -0.304 e. The van der Waals surface area contributed by atoms with Gasteiger partial charge < -0.3 is 5.32 Å². The van der Waals surface area contributed by atoms with Crippen LogP contribution in [0, 0.1) is 5.82 Å². The normalized spacial score (nSPS) is 14.1. The summed E-state index contributed by atoms with van der Waals surface area (Å²) >= 11 is 5.88. The quantitative estimate of drug-likeness (QED) is 0.839. The van der Waals surface area contributed by atoms with Crippen LogP contribution in [0.2, 0.25) is 5.02 Å². The Labute approximate surface area is 118 Å². The van der Waals surface area contributed by atoms with Gasteiger partial charge in [0, 0.05) is 17.1 Å². The van der Waals surface area contributed by atoms with Crippen LogP contribution in [-0.4, -0.2) is 0 Å². The maximum absolute atomic E-state index is 12.9. The maximum Gasteiger partial charge on any atom is 0.123 e. The molecule has 0 aliphatic rings. The molecule has 1 unspecified atom stereocenters. The average Bonchev–Trinajstić information content (AvgIpc) is 2.40. The van der Waals surface area contributed by atoms with Gasteiger partial charge >= 0.3 is 0 Å². The molecule has 0 aliphatic carbocycles. The highest BCUT2D eigenvalue weighted by atomic mass is 35.5. The van der Waals surface area contributed by atoms with Crippen molar-refractivity contribution in [1.29, 1.82) is 0 Å². The van der Waals surface area contributed by atoms with E-state index in [4.69, 9.17) is 11.6 Å². The van der Waals surface area contributed by atoms with E-state index in [-0.39, 0.29) is 17.9 Å². The second-order valence-corrected chi connectivity index (χ2v) is 5.15. The zero-order valence-corrected chi connectivity index (χ0v) is 11.8. The molecule has 2 rings (SSSR count). The Morgan fingerprint density at radius 2 is 1.26 bits per heavy atom. The zero-order chi connectivity index (χ0) is 13.8. The van der Waals surface area contributed by atoms with Gasteiger partial charge in [0.05, 0.1) is 0 Å². The van der Waals surface area contributed by atoms with Crippen molar-refractivity contribution in [2.45, 2.75) is 25.9 Å². The molecule has 1 nitrogen and oxygen atoms in total. The molecule has 0 heterocycles. The van der Waals surface area contributed by atoms with E-state index in [1.54, 1.807) is 0 Å². The minimum atomic E-state index is -0.207. The van der Waals surface area contributed by atoms with Gasteiger partial charge in [-0.25, -0.2) is 4.39 Å². The smallest absolute Gasteiger partial charge is 0.123 e. The third kappa shape index (κ3) is 3.79. The van der Waals surface area contributed by atoms with Gasteiger partial charge in [-0.1, -0.05) is 35.9 Å². The molecule has 2 aromatic carbocycles. The first-order valence-corrected chi connectivity index (χ1v) is 6.71. The molecule has 0 saturated heterocycles. The van der Waals surface area contributed by atoms with Crippen LogP contribution in [0.15, 0.2) is 48.5 Å². The highest BCUT2D eigenvalue weighted by Crippen LogP contribution is 2.21. The van der Waals surface area contributed by atoms with E-state index < -0.39 is 0 Å². The van der Waals surface area contributed by atoms with Crippen LogP contribution < -0.4 is 5.32 Å². The van der Waals surface area contributed by atoms with E-state index in [0.29, 0.717) is 0 Å². The summed E-state index contributed by atoms with van der Waals surface area (Å²) in [7, 11) is 0. The molecule has 1 N–H and O–H groups in total. The Kier molecular flexibility index (Phi) is 4.56. The molecule has 0 amide bonds. The number of nitrogens with one attached hydrogen (secondary N) is 1. The molecular formula is C16H17ClFN. The highest BCUT2D eigenvalue weighted by molar-refractivity contribution is 6.30. The molecule has 2 aromatic rings. The van der Waals surface area contributed by atoms with Crippen molar-refractivity contribution in [2.24, 2.45) is 0 Å². The summed E-state index contributed by atoms with van der Waals surface area (Å²) < 4.78 is 12.9. The predicted molar refractivity (Wildman–Crippen MR) is 77.8 cm³/mol. The molecule has 3 heteroatoms. The lowest BCUT2D eigenvalue weighted by Crippen LogP contribution is -2.22. The fraction of sp³-hybridized carbons (Fsp3) is 0.250. The van der Waals surface area contributed by atoms with Crippen molar-refractivity contribution in [3.05, 3.63) is 70.5 Å². The molecule has 0 aromatic heterocycles. The first kappa shape index (κ1) is 14.0. The SMILES string of the molecule is CC(N[C@@H](C)c1ccc(Cl)cc1)c1ccc(F)cc1. The van der Waals surface area contributed by atoms with Crippen molar-refractivity contribution in [3.63, 3.8) is 0 Å². The number of halogens is 2. The van der Waals surface area contributed by atoms with Gasteiger partial charge in [-0.15, -0.1) is 0 Å². The van der Waals surface area contributed by atoms with Gasteiger partial charge in [0.1, 0.15) is 5.82 Å². The van der Waals surface area contributed by atoms with Crippen LogP contribution in [-0.2, 0) is 0 Å². The first-order chi connectivity index (χ1) is 9.06. The van der Waals surface area contributed by atoms with Crippen molar-refractivity contribution in [1.82, 2.24) is 5.32 Å². The summed E-state index contributed by atoms with van der Waals surface area (Å²) in [5, 5.41) is 4.22. The first-order valence-electron chi connectivity index (χ1n) is 6.33. The van der Waals surface area contributed by atoms with E-state index in [0.717, 1.165) is 10.6 Å². The number of hydrogen-bond donors (Lipinski definition) is 1. The number of hydrogen-bond acceptors (Lipinski definition) is 1. The summed E-state index contributed by atoms with van der Waals surface area (Å²) in [6.45, 7) is 4.17. The van der Waals surface area contributed by atoms with Crippen molar-refractivity contribution < 1.29 is 4.39 Å². The number of rotatable bonds is 4. The molecular weight excluding hydrogens is 261 g/mol. The van der Waals surface area contributed by atoms with E-state index >= 15 is 0 Å². The van der Waals surface area contributed by atoms with Gasteiger partial charge in [-0.3, -0.25) is 0 Å². The van der Waals surface area contributed by atoms with Gasteiger partial charge in [-0.05, 0) is 49.2 Å². The topological polar surface area (TPSA) is 12.0 Å². The predicted octanol–water partition coefficient (Wildman–Crippen LogP) is 4.89. The fourth-order valence-electron chi connectivity index (χ4n) is 2.07. The standard InChI is InChI=1S/C16H17ClFN/c1-11(13-3-7-15(17)8-4-13)19-12(2)14-5-9-16(18)10-6-14/h3-12,19H,1-2H3/t11-,12?/m0/s1. The number of benzene rings is 2. The molecule has 100 valence electrons. The lowest BCUT2D eigenvalue weighted by Gasteiger charge is -2.21. The summed E-state index contributed by atoms with van der Waals surface area (Å²) in [4.78, 5) is 0. The molecule has 2 atom stereocenters.